The van der Waals surface area contributed by atoms with Crippen LogP contribution in [0.1, 0.15) is 40.7 Å². The fraction of sp³-hybridized carbons (Fsp3) is 0.310. The fourth-order valence-electron chi connectivity index (χ4n) is 6.20. The van der Waals surface area contributed by atoms with Crippen LogP contribution in [-0.2, 0) is 4.79 Å². The molecular formula is C29H26ClN3O10. The molecule has 3 heterocycles. The predicted molar refractivity (Wildman–Crippen MR) is 152 cm³/mol. The Balaban J connectivity index is 1.61. The van der Waals surface area contributed by atoms with Crippen molar-refractivity contribution < 1.29 is 38.4 Å². The van der Waals surface area contributed by atoms with E-state index in [1.54, 1.807) is 6.92 Å². The summed E-state index contributed by atoms with van der Waals surface area (Å²) in [5.74, 6) is -3.23. The van der Waals surface area contributed by atoms with Gasteiger partial charge in [-0.25, -0.2) is 4.79 Å². The number of ketones is 2. The van der Waals surface area contributed by atoms with Crippen molar-refractivity contribution >= 4 is 29.0 Å². The van der Waals surface area contributed by atoms with E-state index in [2.05, 4.69) is 15.3 Å². The molecule has 0 saturated heterocycles. The molecule has 0 saturated carbocycles. The molecule has 43 heavy (non-hydrogen) atoms. The Labute approximate surface area is 248 Å². The van der Waals surface area contributed by atoms with Crippen molar-refractivity contribution in [2.75, 3.05) is 33.8 Å². The lowest BCUT2D eigenvalue weighted by molar-refractivity contribution is -0.130. The number of anilines is 1. The summed E-state index contributed by atoms with van der Waals surface area (Å²) >= 11 is 6.57. The quantitative estimate of drug-likeness (QED) is 0.312. The number of phenols is 1. The molecule has 0 fully saturated rings. The molecule has 1 aromatic heterocycles. The van der Waals surface area contributed by atoms with Gasteiger partial charge in [0.1, 0.15) is 27.9 Å². The maximum Gasteiger partial charge on any atom is 0.327 e. The van der Waals surface area contributed by atoms with E-state index in [0.717, 1.165) is 0 Å². The number of halogens is 1. The summed E-state index contributed by atoms with van der Waals surface area (Å²) in [4.78, 5) is 59.5. The zero-order valence-electron chi connectivity index (χ0n) is 23.6. The third kappa shape index (κ3) is 3.77. The summed E-state index contributed by atoms with van der Waals surface area (Å²) in [6.45, 7) is 1.68. The van der Waals surface area contributed by atoms with Crippen LogP contribution in [0.5, 0.6) is 34.5 Å². The molecule has 1 unspecified atom stereocenters. The highest BCUT2D eigenvalue weighted by Gasteiger charge is 2.63. The van der Waals surface area contributed by atoms with E-state index < -0.39 is 40.3 Å². The lowest BCUT2D eigenvalue weighted by Crippen LogP contribution is -2.58. The number of H-pyrrole nitrogens is 2. The van der Waals surface area contributed by atoms with Crippen LogP contribution in [0.15, 0.2) is 39.1 Å². The van der Waals surface area contributed by atoms with Gasteiger partial charge in [0, 0.05) is 29.2 Å². The maximum absolute atomic E-state index is 14.8. The van der Waals surface area contributed by atoms with Crippen LogP contribution in [0.25, 0.3) is 0 Å². The van der Waals surface area contributed by atoms with Crippen molar-refractivity contribution in [2.45, 2.75) is 24.9 Å². The van der Waals surface area contributed by atoms with Gasteiger partial charge in [0.05, 0.1) is 34.0 Å². The van der Waals surface area contributed by atoms with E-state index in [0.29, 0.717) is 11.3 Å². The number of aromatic amines is 2. The SMILES string of the molecule is COc1cc(C2C3=C(C[C@@H](C)[C@]4(Oc5c(Cl)c(OC)cc(OC)c5C4=O)C3=O)Nc3[nH]c(=O)[nH]c(=O)c32)cc(OC)c1O. The first-order valence-corrected chi connectivity index (χ1v) is 13.4. The first kappa shape index (κ1) is 28.2. The number of fused-ring (bicyclic) bond motifs is 2. The number of methoxy groups -OCH3 is 4. The predicted octanol–water partition coefficient (Wildman–Crippen LogP) is 2.89. The first-order valence-electron chi connectivity index (χ1n) is 13.1. The molecule has 3 aliphatic rings. The van der Waals surface area contributed by atoms with Gasteiger partial charge >= 0.3 is 5.69 Å². The zero-order chi connectivity index (χ0) is 31.0. The number of allylic oxidation sites excluding steroid dienone is 1. The second-order valence-electron chi connectivity index (χ2n) is 10.3. The zero-order valence-corrected chi connectivity index (χ0v) is 24.3. The number of hydrogen-bond donors (Lipinski definition) is 4. The fourth-order valence-corrected chi connectivity index (χ4v) is 6.46. The average molecular weight is 612 g/mol. The highest BCUT2D eigenvalue weighted by Crippen LogP contribution is 2.56. The summed E-state index contributed by atoms with van der Waals surface area (Å²) in [6, 6.07) is 4.33. The molecule has 0 radical (unpaired) electrons. The van der Waals surface area contributed by atoms with E-state index in [1.165, 1.54) is 46.6 Å². The third-order valence-electron chi connectivity index (χ3n) is 8.20. The highest BCUT2D eigenvalue weighted by atomic mass is 35.5. The summed E-state index contributed by atoms with van der Waals surface area (Å²) in [5.41, 5.74) is -2.89. The number of hydrogen-bond acceptors (Lipinski definition) is 11. The van der Waals surface area contributed by atoms with Gasteiger partial charge in [-0.1, -0.05) is 18.5 Å². The van der Waals surface area contributed by atoms with Gasteiger partial charge < -0.3 is 34.1 Å². The van der Waals surface area contributed by atoms with Gasteiger partial charge in [-0.3, -0.25) is 24.4 Å². The van der Waals surface area contributed by atoms with Crippen molar-refractivity contribution in [2.24, 2.45) is 5.92 Å². The summed E-state index contributed by atoms with van der Waals surface area (Å²) in [5, 5.41) is 13.6. The summed E-state index contributed by atoms with van der Waals surface area (Å²) in [7, 11) is 5.42. The van der Waals surface area contributed by atoms with Crippen LogP contribution >= 0.6 is 11.6 Å². The van der Waals surface area contributed by atoms with Gasteiger partial charge in [0.25, 0.3) is 5.56 Å². The van der Waals surface area contributed by atoms with E-state index in [4.69, 9.17) is 35.3 Å². The van der Waals surface area contributed by atoms with Crippen molar-refractivity contribution in [3.8, 4) is 34.5 Å². The number of phenolic OH excluding ortho intramolecular Hbond substituents is 1. The number of nitrogens with one attached hydrogen (secondary N) is 3. The van der Waals surface area contributed by atoms with Crippen LogP contribution in [0.3, 0.4) is 0 Å². The molecule has 2 aliphatic heterocycles. The van der Waals surface area contributed by atoms with Gasteiger partial charge in [-0.05, 0) is 24.1 Å². The molecule has 1 aliphatic carbocycles. The standard InChI is InChI=1S/C29H26ClN3O10/c1-10-6-12-18(24(35)29(10)25(36)19-13(39-2)9-14(40-3)21(30)23(19)43-29)17(20-26(31-12)32-28(38)33-27(20)37)11-7-15(41-4)22(34)16(8-11)42-5/h7-10,17,34H,6H2,1-5H3,(H3,31,32,33,37,38)/t10-,17?,29+/m1/s1. The topological polar surface area (TPSA) is 178 Å². The first-order chi connectivity index (χ1) is 20.5. The van der Waals surface area contributed by atoms with E-state index in [9.17, 15) is 24.3 Å². The largest absolute Gasteiger partial charge is 0.502 e. The summed E-state index contributed by atoms with van der Waals surface area (Å²) in [6.07, 6.45) is 0.106. The van der Waals surface area contributed by atoms with Crippen LogP contribution < -0.4 is 40.3 Å². The number of Topliss-reactive ketones (excluding diaryl/α,β-unsaturated/α-hetero) is 2. The maximum atomic E-state index is 14.8. The van der Waals surface area contributed by atoms with Gasteiger partial charge in [-0.2, -0.15) is 0 Å². The number of carbonyl (C=O) groups excluding carboxylic acids is 2. The van der Waals surface area contributed by atoms with E-state index in [-0.39, 0.29) is 68.5 Å². The average Bonchev–Trinajstić information content (AvgIpc) is 3.30. The van der Waals surface area contributed by atoms with E-state index in [1.807, 2.05) is 0 Å². The molecular weight excluding hydrogens is 586 g/mol. The van der Waals surface area contributed by atoms with Gasteiger partial charge in [0.2, 0.25) is 22.9 Å². The van der Waals surface area contributed by atoms with Crippen LogP contribution in [0.4, 0.5) is 5.82 Å². The van der Waals surface area contributed by atoms with Crippen molar-refractivity contribution in [1.82, 2.24) is 9.97 Å². The van der Waals surface area contributed by atoms with Crippen molar-refractivity contribution in [1.29, 1.82) is 0 Å². The van der Waals surface area contributed by atoms with Crippen molar-refractivity contribution in [3.63, 3.8) is 0 Å². The minimum Gasteiger partial charge on any atom is -0.502 e. The minimum absolute atomic E-state index is 0.00556. The van der Waals surface area contributed by atoms with Crippen LogP contribution in [0, 0.1) is 5.92 Å². The second kappa shape index (κ2) is 9.83. The second-order valence-corrected chi connectivity index (χ2v) is 10.7. The molecule has 2 aromatic carbocycles. The molecule has 224 valence electrons. The normalized spacial score (nSPS) is 21.9. The lowest BCUT2D eigenvalue weighted by Gasteiger charge is -2.42. The Morgan fingerprint density at radius 1 is 0.907 bits per heavy atom. The molecule has 6 rings (SSSR count). The molecule has 4 N–H and O–H groups in total. The third-order valence-corrected chi connectivity index (χ3v) is 8.56. The van der Waals surface area contributed by atoms with Crippen LogP contribution in [-0.4, -0.2) is 60.7 Å². The molecule has 1 spiro atoms. The van der Waals surface area contributed by atoms with Gasteiger partial charge in [-0.15, -0.1) is 0 Å². The monoisotopic (exact) mass is 611 g/mol. The number of benzene rings is 2. The van der Waals surface area contributed by atoms with Gasteiger partial charge in [0.15, 0.2) is 17.2 Å². The highest BCUT2D eigenvalue weighted by molar-refractivity contribution is 6.36. The van der Waals surface area contributed by atoms with E-state index >= 15 is 0 Å². The Morgan fingerprint density at radius 3 is 2.14 bits per heavy atom. The molecule has 3 atom stereocenters. The van der Waals surface area contributed by atoms with Crippen molar-refractivity contribution in [3.05, 3.63) is 72.0 Å². The number of ether oxygens (including phenoxy) is 5. The molecule has 0 amide bonds. The minimum atomic E-state index is -2.07. The van der Waals surface area contributed by atoms with Crippen LogP contribution in [0.2, 0.25) is 5.02 Å². The Kier molecular flexibility index (Phi) is 6.45. The number of rotatable bonds is 5. The number of carbonyl (C=O) groups is 2. The molecule has 13 nitrogen and oxygen atoms in total. The Bertz CT molecular complexity index is 1870. The number of aromatic nitrogens is 2. The number of aromatic hydroxyl groups is 1. The smallest absolute Gasteiger partial charge is 0.327 e. The molecule has 3 aromatic rings. The molecule has 14 heteroatoms. The Morgan fingerprint density at radius 2 is 1.53 bits per heavy atom. The molecule has 0 bridgehead atoms. The summed E-state index contributed by atoms with van der Waals surface area (Å²) < 4.78 is 27.8. The lowest BCUT2D eigenvalue weighted by atomic mass is 9.66. The Hall–Kier alpha value is -4.91.